The standard InChI is InChI=1S/C10H13Br2N3O/c1-13-4-2-3-9(16)15-7-5-8(11)10(12)14-6-7/h5-6,13H,2-4H2,1H3,(H,15,16). The number of anilines is 1. The van der Waals surface area contributed by atoms with Gasteiger partial charge in [-0.05, 0) is 57.9 Å². The maximum absolute atomic E-state index is 11.5. The van der Waals surface area contributed by atoms with E-state index in [4.69, 9.17) is 0 Å². The van der Waals surface area contributed by atoms with Crippen LogP contribution in [0.3, 0.4) is 0 Å². The van der Waals surface area contributed by atoms with Gasteiger partial charge in [0.2, 0.25) is 5.91 Å². The van der Waals surface area contributed by atoms with Crippen LogP contribution in [0.2, 0.25) is 0 Å². The highest BCUT2D eigenvalue weighted by molar-refractivity contribution is 9.13. The molecule has 4 nitrogen and oxygen atoms in total. The average Bonchev–Trinajstić information content (AvgIpc) is 2.24. The van der Waals surface area contributed by atoms with E-state index < -0.39 is 0 Å². The van der Waals surface area contributed by atoms with E-state index in [-0.39, 0.29) is 5.91 Å². The second kappa shape index (κ2) is 6.98. The first-order valence-electron chi connectivity index (χ1n) is 4.89. The summed E-state index contributed by atoms with van der Waals surface area (Å²) in [5.74, 6) is 0.00581. The van der Waals surface area contributed by atoms with Gasteiger partial charge in [0.15, 0.2) is 0 Å². The molecule has 0 saturated heterocycles. The van der Waals surface area contributed by atoms with Crippen molar-refractivity contribution in [3.8, 4) is 0 Å². The van der Waals surface area contributed by atoms with Crippen molar-refractivity contribution in [3.63, 3.8) is 0 Å². The Morgan fingerprint density at radius 3 is 2.88 bits per heavy atom. The topological polar surface area (TPSA) is 54.0 Å². The summed E-state index contributed by atoms with van der Waals surface area (Å²) in [6.07, 6.45) is 2.95. The van der Waals surface area contributed by atoms with E-state index in [0.29, 0.717) is 12.1 Å². The van der Waals surface area contributed by atoms with Gasteiger partial charge >= 0.3 is 0 Å². The van der Waals surface area contributed by atoms with E-state index in [1.165, 1.54) is 0 Å². The molecule has 0 spiro atoms. The number of hydrogen-bond acceptors (Lipinski definition) is 3. The van der Waals surface area contributed by atoms with Gasteiger partial charge < -0.3 is 10.6 Å². The second-order valence-electron chi connectivity index (χ2n) is 3.25. The van der Waals surface area contributed by atoms with Crippen LogP contribution in [0.5, 0.6) is 0 Å². The van der Waals surface area contributed by atoms with Gasteiger partial charge in [-0.1, -0.05) is 0 Å². The molecule has 0 bridgehead atoms. The minimum atomic E-state index is 0.00581. The molecule has 16 heavy (non-hydrogen) atoms. The van der Waals surface area contributed by atoms with E-state index in [1.807, 2.05) is 13.1 Å². The van der Waals surface area contributed by atoms with Gasteiger partial charge in [-0.25, -0.2) is 4.98 Å². The quantitative estimate of drug-likeness (QED) is 0.633. The molecule has 0 saturated carbocycles. The van der Waals surface area contributed by atoms with Crippen LogP contribution in [0.4, 0.5) is 5.69 Å². The van der Waals surface area contributed by atoms with Gasteiger partial charge in [0.1, 0.15) is 4.60 Å². The van der Waals surface area contributed by atoms with Crippen molar-refractivity contribution in [2.24, 2.45) is 0 Å². The Hall–Kier alpha value is -0.460. The second-order valence-corrected chi connectivity index (χ2v) is 4.86. The fraction of sp³-hybridized carbons (Fsp3) is 0.400. The number of aromatic nitrogens is 1. The Balaban J connectivity index is 2.46. The van der Waals surface area contributed by atoms with Crippen molar-refractivity contribution in [2.45, 2.75) is 12.8 Å². The molecule has 1 aromatic heterocycles. The number of nitrogens with zero attached hydrogens (tertiary/aromatic N) is 1. The maximum atomic E-state index is 11.5. The van der Waals surface area contributed by atoms with Crippen LogP contribution in [-0.4, -0.2) is 24.5 Å². The molecule has 0 atom stereocenters. The highest BCUT2D eigenvalue weighted by Gasteiger charge is 2.04. The van der Waals surface area contributed by atoms with Gasteiger partial charge in [-0.2, -0.15) is 0 Å². The zero-order chi connectivity index (χ0) is 12.0. The molecule has 0 aliphatic rings. The molecule has 1 aromatic rings. The van der Waals surface area contributed by atoms with Gasteiger partial charge in [0, 0.05) is 6.42 Å². The van der Waals surface area contributed by atoms with Gasteiger partial charge in [0.05, 0.1) is 16.4 Å². The number of rotatable bonds is 5. The first kappa shape index (κ1) is 13.6. The van der Waals surface area contributed by atoms with Crippen LogP contribution in [0.25, 0.3) is 0 Å². The lowest BCUT2D eigenvalue weighted by Gasteiger charge is -2.05. The molecular weight excluding hydrogens is 338 g/mol. The SMILES string of the molecule is CNCCCC(=O)Nc1cnc(Br)c(Br)c1. The number of carbonyl (C=O) groups excluding carboxylic acids is 1. The van der Waals surface area contributed by atoms with Gasteiger partial charge in [-0.15, -0.1) is 0 Å². The van der Waals surface area contributed by atoms with Crippen LogP contribution < -0.4 is 10.6 Å². The molecule has 1 rings (SSSR count). The van der Waals surface area contributed by atoms with Crippen molar-refractivity contribution in [2.75, 3.05) is 18.9 Å². The number of amides is 1. The third-order valence-electron chi connectivity index (χ3n) is 1.91. The third kappa shape index (κ3) is 4.59. The van der Waals surface area contributed by atoms with Crippen molar-refractivity contribution >= 4 is 43.5 Å². The number of carbonyl (C=O) groups is 1. The smallest absolute Gasteiger partial charge is 0.224 e. The van der Waals surface area contributed by atoms with E-state index in [9.17, 15) is 4.79 Å². The van der Waals surface area contributed by atoms with Crippen LogP contribution in [-0.2, 0) is 4.79 Å². The fourth-order valence-electron chi connectivity index (χ4n) is 1.14. The van der Waals surface area contributed by atoms with Crippen LogP contribution in [0.1, 0.15) is 12.8 Å². The normalized spacial score (nSPS) is 10.2. The summed E-state index contributed by atoms with van der Waals surface area (Å²) in [5, 5.41) is 5.79. The van der Waals surface area contributed by atoms with E-state index >= 15 is 0 Å². The van der Waals surface area contributed by atoms with Crippen LogP contribution >= 0.6 is 31.9 Å². The van der Waals surface area contributed by atoms with E-state index in [1.54, 1.807) is 6.20 Å². The van der Waals surface area contributed by atoms with Crippen molar-refractivity contribution in [1.82, 2.24) is 10.3 Å². The predicted octanol–water partition coefficient (Wildman–Crippen LogP) is 2.54. The zero-order valence-corrected chi connectivity index (χ0v) is 12.1. The minimum Gasteiger partial charge on any atom is -0.325 e. The van der Waals surface area contributed by atoms with Gasteiger partial charge in [-0.3, -0.25) is 4.79 Å². The van der Waals surface area contributed by atoms with E-state index in [2.05, 4.69) is 47.5 Å². The Morgan fingerprint density at radius 1 is 1.50 bits per heavy atom. The summed E-state index contributed by atoms with van der Waals surface area (Å²) in [7, 11) is 1.87. The van der Waals surface area contributed by atoms with Crippen LogP contribution in [0, 0.1) is 0 Å². The molecule has 2 N–H and O–H groups in total. The molecule has 1 amide bonds. The Kier molecular flexibility index (Phi) is 5.94. The summed E-state index contributed by atoms with van der Waals surface area (Å²) >= 11 is 6.60. The molecule has 0 radical (unpaired) electrons. The molecule has 0 aliphatic heterocycles. The summed E-state index contributed by atoms with van der Waals surface area (Å²) in [6.45, 7) is 0.843. The lowest BCUT2D eigenvalue weighted by molar-refractivity contribution is -0.116. The Bertz CT molecular complexity index is 371. The Labute approximate surface area is 111 Å². The fourth-order valence-corrected chi connectivity index (χ4v) is 1.70. The number of halogens is 2. The summed E-state index contributed by atoms with van der Waals surface area (Å²) in [5.41, 5.74) is 0.699. The molecule has 0 unspecified atom stereocenters. The molecule has 6 heteroatoms. The monoisotopic (exact) mass is 349 g/mol. The predicted molar refractivity (Wildman–Crippen MR) is 71.4 cm³/mol. The number of pyridine rings is 1. The number of nitrogens with one attached hydrogen (secondary N) is 2. The van der Waals surface area contributed by atoms with Crippen LogP contribution in [0.15, 0.2) is 21.3 Å². The van der Waals surface area contributed by atoms with Crippen molar-refractivity contribution in [1.29, 1.82) is 0 Å². The molecule has 1 heterocycles. The first-order chi connectivity index (χ1) is 7.63. The van der Waals surface area contributed by atoms with Gasteiger partial charge in [0.25, 0.3) is 0 Å². The molecule has 0 aliphatic carbocycles. The maximum Gasteiger partial charge on any atom is 0.224 e. The van der Waals surface area contributed by atoms with E-state index in [0.717, 1.165) is 22.0 Å². The zero-order valence-electron chi connectivity index (χ0n) is 8.89. The molecule has 0 fully saturated rings. The average molecular weight is 351 g/mol. The largest absolute Gasteiger partial charge is 0.325 e. The lowest BCUT2D eigenvalue weighted by atomic mass is 10.3. The van der Waals surface area contributed by atoms with Crippen molar-refractivity contribution in [3.05, 3.63) is 21.3 Å². The third-order valence-corrected chi connectivity index (χ3v) is 3.68. The summed E-state index contributed by atoms with van der Waals surface area (Å²) in [6, 6.07) is 1.81. The molecular formula is C10H13Br2N3O. The first-order valence-corrected chi connectivity index (χ1v) is 6.47. The van der Waals surface area contributed by atoms with Crippen molar-refractivity contribution < 1.29 is 4.79 Å². The minimum absolute atomic E-state index is 0.00581. The highest BCUT2D eigenvalue weighted by Crippen LogP contribution is 2.23. The summed E-state index contributed by atoms with van der Waals surface area (Å²) in [4.78, 5) is 15.6. The highest BCUT2D eigenvalue weighted by atomic mass is 79.9. The molecule has 88 valence electrons. The Morgan fingerprint density at radius 2 is 2.25 bits per heavy atom. The summed E-state index contributed by atoms with van der Waals surface area (Å²) < 4.78 is 1.54. The molecule has 0 aromatic carbocycles. The lowest BCUT2D eigenvalue weighted by Crippen LogP contribution is -2.15. The number of hydrogen-bond donors (Lipinski definition) is 2.